The van der Waals surface area contributed by atoms with Crippen molar-refractivity contribution in [3.63, 3.8) is 0 Å². The van der Waals surface area contributed by atoms with Gasteiger partial charge in [0.25, 0.3) is 0 Å². The Bertz CT molecular complexity index is 825. The maximum absolute atomic E-state index is 12.7. The van der Waals surface area contributed by atoms with Gasteiger partial charge in [-0.1, -0.05) is 23.2 Å². The molecule has 0 amide bonds. The van der Waals surface area contributed by atoms with Crippen LogP contribution in [-0.4, -0.2) is 9.97 Å². The molecule has 0 bridgehead atoms. The molecular weight excluding hydrogens is 324 g/mol. The Morgan fingerprint density at radius 3 is 2.38 bits per heavy atom. The fourth-order valence-electron chi connectivity index (χ4n) is 1.97. The first-order valence-corrected chi connectivity index (χ1v) is 6.62. The third kappa shape index (κ3) is 2.71. The Labute approximate surface area is 127 Å². The van der Waals surface area contributed by atoms with Crippen LogP contribution in [0.5, 0.6) is 0 Å². The van der Waals surface area contributed by atoms with Gasteiger partial charge in [0.15, 0.2) is 0 Å². The average molecular weight is 331 g/mol. The zero-order valence-corrected chi connectivity index (χ0v) is 11.8. The van der Waals surface area contributed by atoms with Crippen LogP contribution in [-0.2, 0) is 6.18 Å². The van der Waals surface area contributed by atoms with Gasteiger partial charge >= 0.3 is 6.18 Å². The van der Waals surface area contributed by atoms with Gasteiger partial charge in [-0.15, -0.1) is 0 Å². The van der Waals surface area contributed by atoms with Gasteiger partial charge in [-0.2, -0.15) is 13.2 Å². The van der Waals surface area contributed by atoms with E-state index in [1.807, 2.05) is 0 Å². The number of fused-ring (bicyclic) bond motifs is 1. The van der Waals surface area contributed by atoms with Crippen LogP contribution >= 0.6 is 23.2 Å². The lowest BCUT2D eigenvalue weighted by atomic mass is 10.2. The van der Waals surface area contributed by atoms with Crippen molar-refractivity contribution in [2.24, 2.45) is 0 Å². The summed E-state index contributed by atoms with van der Waals surface area (Å²) >= 11 is 11.8. The topological polar surface area (TPSA) is 28.7 Å². The van der Waals surface area contributed by atoms with E-state index >= 15 is 0 Å². The Morgan fingerprint density at radius 2 is 1.71 bits per heavy atom. The van der Waals surface area contributed by atoms with Crippen LogP contribution in [0.25, 0.3) is 22.4 Å². The van der Waals surface area contributed by atoms with Crippen molar-refractivity contribution in [2.75, 3.05) is 0 Å². The molecule has 0 aliphatic heterocycles. The van der Waals surface area contributed by atoms with Crippen LogP contribution in [0.2, 0.25) is 10.0 Å². The molecule has 0 fully saturated rings. The first-order chi connectivity index (χ1) is 9.84. The molecule has 1 N–H and O–H groups in total. The van der Waals surface area contributed by atoms with Crippen LogP contribution in [0.1, 0.15) is 5.56 Å². The van der Waals surface area contributed by atoms with Gasteiger partial charge < -0.3 is 4.98 Å². The zero-order chi connectivity index (χ0) is 15.2. The van der Waals surface area contributed by atoms with Gasteiger partial charge in [-0.3, -0.25) is 0 Å². The summed E-state index contributed by atoms with van der Waals surface area (Å²) in [7, 11) is 0. The summed E-state index contributed by atoms with van der Waals surface area (Å²) in [5, 5.41) is 0.751. The van der Waals surface area contributed by atoms with E-state index in [1.54, 1.807) is 18.2 Å². The molecular formula is C14H7Cl2F3N2. The number of aromatic nitrogens is 2. The second-order valence-electron chi connectivity index (χ2n) is 4.44. The summed E-state index contributed by atoms with van der Waals surface area (Å²) < 4.78 is 38.0. The van der Waals surface area contributed by atoms with Gasteiger partial charge in [0.1, 0.15) is 5.82 Å². The summed E-state index contributed by atoms with van der Waals surface area (Å²) in [6.45, 7) is 0. The number of hydrogen-bond donors (Lipinski definition) is 1. The largest absolute Gasteiger partial charge is 0.416 e. The number of nitrogens with zero attached hydrogens (tertiary/aromatic N) is 1. The highest BCUT2D eigenvalue weighted by Gasteiger charge is 2.30. The molecule has 2 aromatic carbocycles. The van der Waals surface area contributed by atoms with Gasteiger partial charge in [-0.05, 0) is 36.4 Å². The maximum atomic E-state index is 12.7. The third-order valence-corrected chi connectivity index (χ3v) is 3.74. The van der Waals surface area contributed by atoms with Gasteiger partial charge in [0.05, 0.1) is 26.6 Å². The van der Waals surface area contributed by atoms with E-state index in [1.165, 1.54) is 6.07 Å². The average Bonchev–Trinajstić information content (AvgIpc) is 2.83. The Morgan fingerprint density at radius 1 is 0.952 bits per heavy atom. The third-order valence-electron chi connectivity index (χ3n) is 3.00. The van der Waals surface area contributed by atoms with E-state index < -0.39 is 11.7 Å². The minimum absolute atomic E-state index is 0.311. The van der Waals surface area contributed by atoms with E-state index in [0.717, 1.165) is 12.1 Å². The molecule has 3 aromatic rings. The molecule has 0 saturated heterocycles. The van der Waals surface area contributed by atoms with Crippen LogP contribution in [0, 0.1) is 0 Å². The van der Waals surface area contributed by atoms with Crippen LogP contribution in [0.15, 0.2) is 36.4 Å². The van der Waals surface area contributed by atoms with Crippen molar-refractivity contribution in [3.8, 4) is 11.4 Å². The highest BCUT2D eigenvalue weighted by Crippen LogP contribution is 2.32. The Kier molecular flexibility index (Phi) is 3.34. The van der Waals surface area contributed by atoms with Crippen molar-refractivity contribution in [1.29, 1.82) is 0 Å². The van der Waals surface area contributed by atoms with Crippen LogP contribution in [0.3, 0.4) is 0 Å². The number of halogens is 5. The molecule has 2 nitrogen and oxygen atoms in total. The Balaban J connectivity index is 2.10. The lowest BCUT2D eigenvalue weighted by Crippen LogP contribution is -2.04. The number of aromatic amines is 1. The van der Waals surface area contributed by atoms with Crippen LogP contribution < -0.4 is 0 Å². The van der Waals surface area contributed by atoms with Crippen molar-refractivity contribution in [2.45, 2.75) is 6.18 Å². The van der Waals surface area contributed by atoms with E-state index in [2.05, 4.69) is 9.97 Å². The summed E-state index contributed by atoms with van der Waals surface area (Å²) in [6.07, 6.45) is -4.39. The molecule has 0 unspecified atom stereocenters. The predicted molar refractivity (Wildman–Crippen MR) is 76.6 cm³/mol. The van der Waals surface area contributed by atoms with Crippen molar-refractivity contribution in [1.82, 2.24) is 9.97 Å². The standard InChI is InChI=1S/C14H7Cl2F3N2/c15-9-3-1-7(5-10(9)16)13-20-11-4-2-8(14(17,18)19)6-12(11)21-13/h1-6H,(H,20,21). The normalized spacial score (nSPS) is 12.0. The van der Waals surface area contributed by atoms with Crippen molar-refractivity contribution in [3.05, 3.63) is 52.0 Å². The van der Waals surface area contributed by atoms with Gasteiger partial charge in [-0.25, -0.2) is 4.98 Å². The van der Waals surface area contributed by atoms with E-state index in [4.69, 9.17) is 23.2 Å². The number of hydrogen-bond acceptors (Lipinski definition) is 1. The highest BCUT2D eigenvalue weighted by atomic mass is 35.5. The summed E-state index contributed by atoms with van der Waals surface area (Å²) in [6, 6.07) is 8.26. The molecule has 0 radical (unpaired) electrons. The van der Waals surface area contributed by atoms with Gasteiger partial charge in [0.2, 0.25) is 0 Å². The van der Waals surface area contributed by atoms with E-state index in [-0.39, 0.29) is 0 Å². The van der Waals surface area contributed by atoms with Crippen molar-refractivity contribution < 1.29 is 13.2 Å². The van der Waals surface area contributed by atoms with Gasteiger partial charge in [0, 0.05) is 5.56 Å². The molecule has 0 atom stereocenters. The summed E-state index contributed by atoms with van der Waals surface area (Å²) in [5.41, 5.74) is 0.684. The molecule has 0 aliphatic rings. The second kappa shape index (κ2) is 4.93. The molecule has 7 heteroatoms. The number of alkyl halides is 3. The monoisotopic (exact) mass is 330 g/mol. The van der Waals surface area contributed by atoms with E-state index in [0.29, 0.717) is 32.5 Å². The predicted octanol–water partition coefficient (Wildman–Crippen LogP) is 5.56. The number of H-pyrrole nitrogens is 1. The molecule has 1 heterocycles. The lowest BCUT2D eigenvalue weighted by Gasteiger charge is -2.05. The quantitative estimate of drug-likeness (QED) is 0.622. The smallest absolute Gasteiger partial charge is 0.338 e. The van der Waals surface area contributed by atoms with Crippen LogP contribution in [0.4, 0.5) is 13.2 Å². The lowest BCUT2D eigenvalue weighted by molar-refractivity contribution is -0.137. The number of benzene rings is 2. The minimum Gasteiger partial charge on any atom is -0.338 e. The number of rotatable bonds is 1. The first kappa shape index (κ1) is 14.2. The first-order valence-electron chi connectivity index (χ1n) is 5.87. The molecule has 0 aliphatic carbocycles. The Hall–Kier alpha value is -1.72. The minimum atomic E-state index is -4.39. The SMILES string of the molecule is FC(F)(F)c1ccc2nc(-c3ccc(Cl)c(Cl)c3)[nH]c2c1. The molecule has 3 rings (SSSR count). The molecule has 21 heavy (non-hydrogen) atoms. The molecule has 0 spiro atoms. The fourth-order valence-corrected chi connectivity index (χ4v) is 2.26. The highest BCUT2D eigenvalue weighted by molar-refractivity contribution is 6.42. The second-order valence-corrected chi connectivity index (χ2v) is 5.26. The summed E-state index contributed by atoms with van der Waals surface area (Å²) in [4.78, 5) is 7.11. The molecule has 0 saturated carbocycles. The maximum Gasteiger partial charge on any atom is 0.416 e. The van der Waals surface area contributed by atoms with Crippen molar-refractivity contribution >= 4 is 34.2 Å². The summed E-state index contributed by atoms with van der Waals surface area (Å²) in [5.74, 6) is 0.433. The number of nitrogens with one attached hydrogen (secondary N) is 1. The zero-order valence-electron chi connectivity index (χ0n) is 10.3. The fraction of sp³-hybridized carbons (Fsp3) is 0.0714. The molecule has 108 valence electrons. The number of imidazole rings is 1. The molecule has 1 aromatic heterocycles. The van der Waals surface area contributed by atoms with E-state index in [9.17, 15) is 13.2 Å².